The monoisotopic (exact) mass is 739 g/mol. The third-order valence-electron chi connectivity index (χ3n) is 9.10. The van der Waals surface area contributed by atoms with E-state index in [9.17, 15) is 19.2 Å². The first-order valence-corrected chi connectivity index (χ1v) is 16.7. The van der Waals surface area contributed by atoms with Crippen LogP contribution >= 0.6 is 31.9 Å². The number of hydrogen-bond acceptors (Lipinski definition) is 7. The fraction of sp³-hybridized carbons (Fsp3) is 0.406. The third kappa shape index (κ3) is 6.43. The number of ketones is 1. The van der Waals surface area contributed by atoms with Gasteiger partial charge in [0.05, 0.1) is 28.4 Å². The summed E-state index contributed by atoms with van der Waals surface area (Å²) in [6.45, 7) is 2.37. The van der Waals surface area contributed by atoms with Gasteiger partial charge in [-0.15, -0.1) is 0 Å². The zero-order valence-corrected chi connectivity index (χ0v) is 28.1. The number of fused-ring (bicyclic) bond motifs is 3. The van der Waals surface area contributed by atoms with Crippen molar-refractivity contribution >= 4 is 77.1 Å². The number of nitrogens with one attached hydrogen (secondary N) is 2. The maximum Gasteiger partial charge on any atom is 0.326 e. The molecule has 0 saturated carbocycles. The van der Waals surface area contributed by atoms with Gasteiger partial charge in [-0.1, -0.05) is 18.2 Å². The molecule has 1 atom stereocenters. The lowest BCUT2D eigenvalue weighted by Gasteiger charge is -2.35. The van der Waals surface area contributed by atoms with Gasteiger partial charge in [-0.2, -0.15) is 0 Å². The second-order valence-electron chi connectivity index (χ2n) is 12.0. The van der Waals surface area contributed by atoms with E-state index in [1.807, 2.05) is 31.3 Å². The van der Waals surface area contributed by atoms with Gasteiger partial charge in [0.25, 0.3) is 0 Å². The number of carbonyl (C=O) groups excluding carboxylic acids is 3. The van der Waals surface area contributed by atoms with E-state index >= 15 is 0 Å². The van der Waals surface area contributed by atoms with Gasteiger partial charge in [0.1, 0.15) is 6.04 Å². The molecule has 2 fully saturated rings. The minimum Gasteiger partial charge on any atom is -0.397 e. The minimum absolute atomic E-state index is 0.128. The van der Waals surface area contributed by atoms with Crippen LogP contribution in [0, 0.1) is 5.92 Å². The molecule has 2 aliphatic rings. The number of nitrogen functional groups attached to an aromatic ring is 1. The van der Waals surface area contributed by atoms with E-state index in [0.717, 1.165) is 35.0 Å². The largest absolute Gasteiger partial charge is 0.397 e. The molecule has 2 amide bonds. The highest BCUT2D eigenvalue weighted by molar-refractivity contribution is 9.11. The minimum atomic E-state index is -1.01. The molecule has 4 heterocycles. The summed E-state index contributed by atoms with van der Waals surface area (Å²) in [4.78, 5) is 65.3. The highest BCUT2D eigenvalue weighted by Gasteiger charge is 2.34. The van der Waals surface area contributed by atoms with E-state index in [1.165, 1.54) is 0 Å². The molecule has 11 nitrogen and oxygen atoms in total. The number of nitrogens with two attached hydrogens (primary N) is 1. The number of H-pyrrole nitrogens is 1. The number of aromatic nitrogens is 3. The van der Waals surface area contributed by atoms with Crippen molar-refractivity contribution in [2.24, 2.45) is 5.92 Å². The number of imidazole rings is 1. The molecule has 2 aliphatic heterocycles. The molecule has 45 heavy (non-hydrogen) atoms. The molecule has 4 N–H and O–H groups in total. The third-order valence-corrected chi connectivity index (χ3v) is 10.4. The summed E-state index contributed by atoms with van der Waals surface area (Å²) in [6, 6.07) is 9.80. The predicted molar refractivity (Wildman–Crippen MR) is 180 cm³/mol. The average molecular weight is 741 g/mol. The number of halogens is 2. The smallest absolute Gasteiger partial charge is 0.326 e. The van der Waals surface area contributed by atoms with Crippen LogP contribution in [-0.2, 0) is 9.59 Å². The van der Waals surface area contributed by atoms with Gasteiger partial charge in [-0.05, 0) is 95.9 Å². The fourth-order valence-electron chi connectivity index (χ4n) is 6.46. The van der Waals surface area contributed by atoms with Crippen LogP contribution < -0.4 is 16.7 Å². The molecule has 13 heteroatoms. The number of benzene rings is 2. The molecule has 2 aromatic heterocycles. The number of anilines is 1. The van der Waals surface area contributed by atoms with Crippen molar-refractivity contribution in [2.75, 3.05) is 39.0 Å². The normalized spacial score (nSPS) is 17.5. The van der Waals surface area contributed by atoms with Gasteiger partial charge in [-0.3, -0.25) is 23.9 Å². The van der Waals surface area contributed by atoms with Crippen LogP contribution in [0.15, 0.2) is 56.3 Å². The maximum atomic E-state index is 14.0. The lowest BCUT2D eigenvalue weighted by molar-refractivity contribution is -0.138. The van der Waals surface area contributed by atoms with Crippen molar-refractivity contribution in [3.8, 4) is 0 Å². The number of Topliss-reactive ketones (excluding diaryl/α,β-unsaturated/α-hetero) is 1. The van der Waals surface area contributed by atoms with Crippen LogP contribution in [0.5, 0.6) is 0 Å². The van der Waals surface area contributed by atoms with Crippen LogP contribution in [0.2, 0.25) is 0 Å². The van der Waals surface area contributed by atoms with Crippen LogP contribution in [0.4, 0.5) is 5.69 Å². The van der Waals surface area contributed by atoms with E-state index in [4.69, 9.17) is 5.73 Å². The molecule has 0 bridgehead atoms. The topological polar surface area (TPSA) is 146 Å². The number of nitrogens with zero attached hydrogens (tertiary/aromatic N) is 4. The molecule has 236 valence electrons. The first-order valence-electron chi connectivity index (χ1n) is 15.1. The molecule has 6 rings (SSSR count). The first-order chi connectivity index (χ1) is 21.6. The SMILES string of the molecule is CN1CCC(C(=O)NC(CC(=O)c2cc(Br)c(N)c(Br)c2)C(=O)N2CCC(n3c(=O)[nH]c4c5ccccc5ncc43)CC2)CC1. The number of amides is 2. The highest BCUT2D eigenvalue weighted by Crippen LogP contribution is 2.31. The first kappa shape index (κ1) is 31.4. The Bertz CT molecular complexity index is 1820. The van der Waals surface area contributed by atoms with Crippen LogP contribution in [0.3, 0.4) is 0 Å². The van der Waals surface area contributed by atoms with E-state index in [-0.39, 0.29) is 41.7 Å². The number of likely N-dealkylation sites (tertiary alicyclic amines) is 2. The van der Waals surface area contributed by atoms with Crippen LogP contribution in [0.1, 0.15) is 48.5 Å². The Hall–Kier alpha value is -3.55. The Morgan fingerprint density at radius 2 is 1.71 bits per heavy atom. The number of hydrogen-bond donors (Lipinski definition) is 3. The standard InChI is InChI=1S/C32H35Br2N7O4/c1-39-10-6-18(7-11-39)30(43)37-25(16-27(42)19-14-22(33)28(35)23(34)15-19)31(44)40-12-8-20(9-13-40)41-26-17-36-24-5-3-2-4-21(24)29(26)38-32(41)45/h2-5,14-15,17-18,20,25H,6-13,16,35H2,1H3,(H,37,43)(H,38,45). The Balaban J connectivity index is 1.20. The number of aromatic amines is 1. The summed E-state index contributed by atoms with van der Waals surface area (Å²) in [5.41, 5.74) is 8.95. The summed E-state index contributed by atoms with van der Waals surface area (Å²) in [6.07, 6.45) is 4.04. The van der Waals surface area contributed by atoms with Gasteiger partial charge in [-0.25, -0.2) is 4.79 Å². The summed E-state index contributed by atoms with van der Waals surface area (Å²) in [7, 11) is 2.02. The van der Waals surface area contributed by atoms with Crippen molar-refractivity contribution < 1.29 is 14.4 Å². The predicted octanol–water partition coefficient (Wildman–Crippen LogP) is 4.25. The van der Waals surface area contributed by atoms with Gasteiger partial charge >= 0.3 is 5.69 Å². The molecular weight excluding hydrogens is 706 g/mol. The Kier molecular flexibility index (Phi) is 9.12. The zero-order valence-electron chi connectivity index (χ0n) is 24.9. The molecule has 1 unspecified atom stereocenters. The van der Waals surface area contributed by atoms with Gasteiger partial charge < -0.3 is 25.8 Å². The summed E-state index contributed by atoms with van der Waals surface area (Å²) < 4.78 is 2.88. The lowest BCUT2D eigenvalue weighted by Crippen LogP contribution is -2.53. The number of pyridine rings is 1. The second kappa shape index (κ2) is 13.1. The van der Waals surface area contributed by atoms with Crippen molar-refractivity contribution in [2.45, 2.75) is 44.2 Å². The number of para-hydroxylation sites is 1. The summed E-state index contributed by atoms with van der Waals surface area (Å²) >= 11 is 6.77. The average Bonchev–Trinajstić information content (AvgIpc) is 3.39. The molecule has 2 aromatic carbocycles. The second-order valence-corrected chi connectivity index (χ2v) is 13.7. The lowest BCUT2D eigenvalue weighted by atomic mass is 9.94. The van der Waals surface area contributed by atoms with Gasteiger partial charge in [0.15, 0.2) is 5.78 Å². The zero-order chi connectivity index (χ0) is 31.8. The summed E-state index contributed by atoms with van der Waals surface area (Å²) in [5, 5.41) is 3.82. The summed E-state index contributed by atoms with van der Waals surface area (Å²) in [5.74, 6) is -0.988. The highest BCUT2D eigenvalue weighted by atomic mass is 79.9. The molecule has 0 spiro atoms. The molecule has 4 aromatic rings. The van der Waals surface area contributed by atoms with E-state index in [1.54, 1.807) is 27.8 Å². The van der Waals surface area contributed by atoms with Crippen molar-refractivity contribution in [3.05, 3.63) is 67.6 Å². The molecule has 2 saturated heterocycles. The molecule has 0 radical (unpaired) electrons. The quantitative estimate of drug-likeness (QED) is 0.190. The Labute approximate surface area is 276 Å². The number of carbonyl (C=O) groups is 3. The maximum absolute atomic E-state index is 14.0. The Morgan fingerprint density at radius 1 is 1.04 bits per heavy atom. The number of rotatable bonds is 7. The van der Waals surface area contributed by atoms with E-state index in [0.29, 0.717) is 59.0 Å². The van der Waals surface area contributed by atoms with E-state index < -0.39 is 6.04 Å². The molecule has 0 aliphatic carbocycles. The van der Waals surface area contributed by atoms with Crippen molar-refractivity contribution in [3.63, 3.8) is 0 Å². The Morgan fingerprint density at radius 3 is 2.40 bits per heavy atom. The molecular formula is C32H35Br2N7O4. The van der Waals surface area contributed by atoms with Crippen molar-refractivity contribution in [1.82, 2.24) is 29.7 Å². The van der Waals surface area contributed by atoms with Crippen LogP contribution in [0.25, 0.3) is 21.9 Å². The fourth-order valence-corrected chi connectivity index (χ4v) is 7.64. The van der Waals surface area contributed by atoms with Gasteiger partial charge in [0, 0.05) is 51.4 Å². The number of piperidine rings is 2. The van der Waals surface area contributed by atoms with Gasteiger partial charge in [0.2, 0.25) is 11.8 Å². The van der Waals surface area contributed by atoms with E-state index in [2.05, 4.69) is 52.0 Å². The van der Waals surface area contributed by atoms with Crippen LogP contribution in [-0.4, -0.2) is 81.2 Å². The van der Waals surface area contributed by atoms with Crippen molar-refractivity contribution in [1.29, 1.82) is 0 Å².